The SMILES string of the molecule is CN(C)c1cc2c(cc1NC(=O)C(F)(F)F)n(C)c(=O)n2C. The minimum Gasteiger partial charge on any atom is -0.376 e. The van der Waals surface area contributed by atoms with E-state index >= 15 is 0 Å². The number of halogens is 3. The molecular formula is C13H15F3N4O2. The number of nitrogens with zero attached hydrogens (tertiary/aromatic N) is 3. The molecule has 0 unspecified atom stereocenters. The van der Waals surface area contributed by atoms with Crippen LogP contribution in [0.15, 0.2) is 16.9 Å². The van der Waals surface area contributed by atoms with Gasteiger partial charge in [-0.25, -0.2) is 4.79 Å². The Labute approximate surface area is 123 Å². The van der Waals surface area contributed by atoms with Crippen LogP contribution in [-0.2, 0) is 18.9 Å². The Morgan fingerprint density at radius 2 is 1.64 bits per heavy atom. The van der Waals surface area contributed by atoms with Gasteiger partial charge in [0, 0.05) is 28.2 Å². The molecule has 2 rings (SSSR count). The summed E-state index contributed by atoms with van der Waals surface area (Å²) in [5.41, 5.74) is 1.03. The maximum Gasteiger partial charge on any atom is 0.471 e. The van der Waals surface area contributed by atoms with Crippen molar-refractivity contribution in [1.82, 2.24) is 9.13 Å². The van der Waals surface area contributed by atoms with E-state index in [0.717, 1.165) is 0 Å². The maximum atomic E-state index is 12.4. The fourth-order valence-electron chi connectivity index (χ4n) is 2.20. The van der Waals surface area contributed by atoms with Gasteiger partial charge in [0.25, 0.3) is 0 Å². The summed E-state index contributed by atoms with van der Waals surface area (Å²) in [5, 5.41) is 1.85. The Balaban J connectivity index is 2.67. The third kappa shape index (κ3) is 2.53. The molecule has 0 bridgehead atoms. The van der Waals surface area contributed by atoms with Gasteiger partial charge in [0.05, 0.1) is 22.4 Å². The molecule has 0 aliphatic carbocycles. The Hall–Kier alpha value is -2.45. The highest BCUT2D eigenvalue weighted by atomic mass is 19.4. The fourth-order valence-corrected chi connectivity index (χ4v) is 2.20. The number of aromatic nitrogens is 2. The van der Waals surface area contributed by atoms with Crippen LogP contribution in [0.1, 0.15) is 0 Å². The average molecular weight is 316 g/mol. The summed E-state index contributed by atoms with van der Waals surface area (Å²) < 4.78 is 40.0. The predicted octanol–water partition coefficient (Wildman–Crippen LogP) is 1.44. The van der Waals surface area contributed by atoms with Gasteiger partial charge in [-0.3, -0.25) is 13.9 Å². The zero-order valence-corrected chi connectivity index (χ0v) is 12.4. The van der Waals surface area contributed by atoms with Crippen LogP contribution < -0.4 is 15.9 Å². The highest BCUT2D eigenvalue weighted by Crippen LogP contribution is 2.31. The van der Waals surface area contributed by atoms with Crippen LogP contribution >= 0.6 is 0 Å². The molecule has 0 fully saturated rings. The van der Waals surface area contributed by atoms with Crippen LogP contribution in [0.3, 0.4) is 0 Å². The van der Waals surface area contributed by atoms with Gasteiger partial charge in [0.1, 0.15) is 0 Å². The minimum absolute atomic E-state index is 0.0129. The van der Waals surface area contributed by atoms with Gasteiger partial charge in [0.2, 0.25) is 0 Å². The monoisotopic (exact) mass is 316 g/mol. The number of hydrogen-bond acceptors (Lipinski definition) is 3. The molecule has 0 spiro atoms. The van der Waals surface area contributed by atoms with Crippen LogP contribution in [0, 0.1) is 0 Å². The molecule has 1 amide bonds. The van der Waals surface area contributed by atoms with E-state index < -0.39 is 12.1 Å². The van der Waals surface area contributed by atoms with Crippen LogP contribution in [0.2, 0.25) is 0 Å². The summed E-state index contributed by atoms with van der Waals surface area (Å²) in [7, 11) is 6.34. The molecule has 0 atom stereocenters. The summed E-state index contributed by atoms with van der Waals surface area (Å²) in [5.74, 6) is -2.06. The number of imidazole rings is 1. The number of nitrogens with one attached hydrogen (secondary N) is 1. The van der Waals surface area contributed by atoms with Gasteiger partial charge in [-0.05, 0) is 12.1 Å². The number of carbonyl (C=O) groups is 1. The largest absolute Gasteiger partial charge is 0.471 e. The molecule has 1 aromatic carbocycles. The van der Waals surface area contributed by atoms with Gasteiger partial charge in [-0.2, -0.15) is 13.2 Å². The first kappa shape index (κ1) is 15.9. The maximum absolute atomic E-state index is 12.4. The Morgan fingerprint density at radius 1 is 1.14 bits per heavy atom. The second-order valence-electron chi connectivity index (χ2n) is 5.10. The van der Waals surface area contributed by atoms with E-state index in [1.54, 1.807) is 32.1 Å². The molecule has 0 radical (unpaired) electrons. The van der Waals surface area contributed by atoms with Crippen molar-refractivity contribution in [2.24, 2.45) is 14.1 Å². The number of anilines is 2. The minimum atomic E-state index is -4.99. The van der Waals surface area contributed by atoms with E-state index in [1.807, 2.05) is 5.32 Å². The molecule has 1 heterocycles. The smallest absolute Gasteiger partial charge is 0.376 e. The second-order valence-corrected chi connectivity index (χ2v) is 5.10. The van der Waals surface area contributed by atoms with Crippen molar-refractivity contribution in [3.05, 3.63) is 22.6 Å². The van der Waals surface area contributed by atoms with Crippen molar-refractivity contribution in [3.63, 3.8) is 0 Å². The number of carbonyl (C=O) groups excluding carboxylic acids is 1. The Bertz CT molecular complexity index is 802. The first-order valence-electron chi connectivity index (χ1n) is 6.29. The number of aryl methyl sites for hydroxylation is 2. The summed E-state index contributed by atoms with van der Waals surface area (Å²) in [6.45, 7) is 0. The Kier molecular flexibility index (Phi) is 3.68. The highest BCUT2D eigenvalue weighted by molar-refractivity contribution is 6.00. The number of rotatable bonds is 2. The number of benzene rings is 1. The fraction of sp³-hybridized carbons (Fsp3) is 0.385. The van der Waals surface area contributed by atoms with E-state index in [9.17, 15) is 22.8 Å². The van der Waals surface area contributed by atoms with Gasteiger partial charge >= 0.3 is 17.8 Å². The molecule has 120 valence electrons. The van der Waals surface area contributed by atoms with E-state index in [0.29, 0.717) is 16.7 Å². The molecule has 1 N–H and O–H groups in total. The number of hydrogen-bond donors (Lipinski definition) is 1. The van der Waals surface area contributed by atoms with Crippen molar-refractivity contribution in [2.45, 2.75) is 6.18 Å². The summed E-state index contributed by atoms with van der Waals surface area (Å²) in [6, 6.07) is 2.92. The van der Waals surface area contributed by atoms with Crippen molar-refractivity contribution in [1.29, 1.82) is 0 Å². The summed E-state index contributed by atoms with van der Waals surface area (Å²) >= 11 is 0. The Morgan fingerprint density at radius 3 is 2.09 bits per heavy atom. The molecule has 0 aliphatic rings. The number of alkyl halides is 3. The van der Waals surface area contributed by atoms with Crippen LogP contribution in [0.5, 0.6) is 0 Å². The zero-order chi connectivity index (χ0) is 16.8. The van der Waals surface area contributed by atoms with Gasteiger partial charge < -0.3 is 10.2 Å². The molecular weight excluding hydrogens is 301 g/mol. The third-order valence-corrected chi connectivity index (χ3v) is 3.38. The number of amides is 1. The lowest BCUT2D eigenvalue weighted by Crippen LogP contribution is -2.30. The predicted molar refractivity (Wildman–Crippen MR) is 77.2 cm³/mol. The van der Waals surface area contributed by atoms with Crippen molar-refractivity contribution >= 4 is 28.3 Å². The lowest BCUT2D eigenvalue weighted by molar-refractivity contribution is -0.167. The molecule has 0 saturated carbocycles. The molecule has 0 aliphatic heterocycles. The van der Waals surface area contributed by atoms with Gasteiger partial charge in [-0.1, -0.05) is 0 Å². The first-order valence-corrected chi connectivity index (χ1v) is 6.29. The van der Waals surface area contributed by atoms with Crippen LogP contribution in [0.4, 0.5) is 24.5 Å². The molecule has 9 heteroatoms. The average Bonchev–Trinajstić information content (AvgIpc) is 2.61. The van der Waals surface area contributed by atoms with Crippen LogP contribution in [-0.4, -0.2) is 35.3 Å². The number of fused-ring (bicyclic) bond motifs is 1. The topological polar surface area (TPSA) is 59.3 Å². The van der Waals surface area contributed by atoms with Crippen molar-refractivity contribution < 1.29 is 18.0 Å². The van der Waals surface area contributed by atoms with E-state index in [2.05, 4.69) is 0 Å². The van der Waals surface area contributed by atoms with Crippen molar-refractivity contribution in [3.8, 4) is 0 Å². The summed E-state index contributed by atoms with van der Waals surface area (Å²) in [4.78, 5) is 24.6. The van der Waals surface area contributed by atoms with Gasteiger partial charge in [-0.15, -0.1) is 0 Å². The zero-order valence-electron chi connectivity index (χ0n) is 12.4. The second kappa shape index (κ2) is 5.08. The van der Waals surface area contributed by atoms with E-state index in [-0.39, 0.29) is 11.4 Å². The quantitative estimate of drug-likeness (QED) is 0.912. The van der Waals surface area contributed by atoms with Gasteiger partial charge in [0.15, 0.2) is 0 Å². The standard InChI is InChI=1S/C13H15F3N4O2/c1-18(2)8-6-10-9(19(3)12(22)20(10)4)5-7(8)17-11(21)13(14,15)16/h5-6H,1-4H3,(H,17,21). The molecule has 0 saturated heterocycles. The first-order chi connectivity index (χ1) is 10.0. The molecule has 22 heavy (non-hydrogen) atoms. The highest BCUT2D eigenvalue weighted by Gasteiger charge is 2.39. The summed E-state index contributed by atoms with van der Waals surface area (Å²) in [6.07, 6.45) is -4.99. The lowest BCUT2D eigenvalue weighted by Gasteiger charge is -2.19. The third-order valence-electron chi connectivity index (χ3n) is 3.38. The molecule has 2 aromatic rings. The molecule has 6 nitrogen and oxygen atoms in total. The van der Waals surface area contributed by atoms with E-state index in [1.165, 1.54) is 22.2 Å². The normalized spacial score (nSPS) is 11.8. The van der Waals surface area contributed by atoms with E-state index in [4.69, 9.17) is 0 Å². The van der Waals surface area contributed by atoms with Crippen LogP contribution in [0.25, 0.3) is 11.0 Å². The lowest BCUT2D eigenvalue weighted by atomic mass is 10.2. The molecule has 1 aromatic heterocycles. The van der Waals surface area contributed by atoms with Crippen molar-refractivity contribution in [2.75, 3.05) is 24.3 Å².